The van der Waals surface area contributed by atoms with Crippen molar-refractivity contribution in [3.63, 3.8) is 0 Å². The summed E-state index contributed by atoms with van der Waals surface area (Å²) in [6.45, 7) is 9.21. The SMILES string of the molecule is CCCCC1C(=O)OCC1=CC#C[Si](C)(C)C. The van der Waals surface area contributed by atoms with Crippen LogP contribution in [0.25, 0.3) is 0 Å². The molecular formula is C14H22O2Si. The number of allylic oxidation sites excluding steroid dienone is 1. The van der Waals surface area contributed by atoms with Gasteiger partial charge in [-0.3, -0.25) is 4.79 Å². The zero-order chi connectivity index (χ0) is 12.9. The molecule has 2 nitrogen and oxygen atoms in total. The summed E-state index contributed by atoms with van der Waals surface area (Å²) >= 11 is 0. The smallest absolute Gasteiger partial charge is 0.313 e. The zero-order valence-electron chi connectivity index (χ0n) is 11.3. The first-order valence-corrected chi connectivity index (χ1v) is 9.82. The second kappa shape index (κ2) is 6.06. The van der Waals surface area contributed by atoms with Crippen LogP contribution in [0.4, 0.5) is 0 Å². The first kappa shape index (κ1) is 14.0. The van der Waals surface area contributed by atoms with Gasteiger partial charge in [-0.1, -0.05) is 45.3 Å². The van der Waals surface area contributed by atoms with E-state index in [-0.39, 0.29) is 11.9 Å². The van der Waals surface area contributed by atoms with E-state index in [1.807, 2.05) is 6.08 Å². The van der Waals surface area contributed by atoms with E-state index in [4.69, 9.17) is 4.74 Å². The van der Waals surface area contributed by atoms with Gasteiger partial charge < -0.3 is 4.74 Å². The molecule has 0 radical (unpaired) electrons. The number of rotatable bonds is 3. The lowest BCUT2D eigenvalue weighted by atomic mass is 9.96. The van der Waals surface area contributed by atoms with Crippen LogP contribution in [0.15, 0.2) is 11.6 Å². The number of carbonyl (C=O) groups is 1. The molecule has 1 saturated heterocycles. The molecule has 0 saturated carbocycles. The summed E-state index contributed by atoms with van der Waals surface area (Å²) in [5.74, 6) is 3.01. The molecule has 0 aromatic carbocycles. The Bertz CT molecular complexity index is 366. The monoisotopic (exact) mass is 250 g/mol. The average Bonchev–Trinajstić information content (AvgIpc) is 2.55. The Kier molecular flexibility index (Phi) is 5.01. The minimum atomic E-state index is -1.32. The van der Waals surface area contributed by atoms with Gasteiger partial charge in [0.25, 0.3) is 0 Å². The Hall–Kier alpha value is -1.01. The van der Waals surface area contributed by atoms with Gasteiger partial charge >= 0.3 is 5.97 Å². The standard InChI is InChI=1S/C14H22O2Si/c1-5-6-9-13-12(11-16-14(13)15)8-7-10-17(2,3)4/h8,13H,5-6,9,11H2,1-4H3. The van der Waals surface area contributed by atoms with E-state index in [0.29, 0.717) is 6.61 Å². The van der Waals surface area contributed by atoms with Crippen molar-refractivity contribution in [3.8, 4) is 11.5 Å². The molecule has 0 spiro atoms. The molecule has 1 aliphatic rings. The Labute approximate surface area is 105 Å². The van der Waals surface area contributed by atoms with Crippen molar-refractivity contribution in [3.05, 3.63) is 11.6 Å². The van der Waals surface area contributed by atoms with Crippen LogP contribution in [-0.2, 0) is 9.53 Å². The fraction of sp³-hybridized carbons (Fsp3) is 0.643. The molecule has 1 fully saturated rings. The molecule has 0 bridgehead atoms. The quantitative estimate of drug-likeness (QED) is 0.437. The molecule has 3 heteroatoms. The number of hydrogen-bond donors (Lipinski definition) is 0. The topological polar surface area (TPSA) is 26.3 Å². The van der Waals surface area contributed by atoms with E-state index in [9.17, 15) is 4.79 Å². The number of esters is 1. The van der Waals surface area contributed by atoms with Crippen LogP contribution in [0.2, 0.25) is 19.6 Å². The first-order chi connectivity index (χ1) is 7.94. The van der Waals surface area contributed by atoms with Gasteiger partial charge in [-0.05, 0) is 18.1 Å². The maximum Gasteiger partial charge on any atom is 0.313 e. The Morgan fingerprint density at radius 2 is 2.18 bits per heavy atom. The molecular weight excluding hydrogens is 228 g/mol. The third kappa shape index (κ3) is 4.78. The van der Waals surface area contributed by atoms with Gasteiger partial charge in [0.1, 0.15) is 14.7 Å². The largest absolute Gasteiger partial charge is 0.461 e. The molecule has 1 atom stereocenters. The molecule has 1 rings (SSSR count). The fourth-order valence-electron chi connectivity index (χ4n) is 1.71. The predicted octanol–water partition coefficient (Wildman–Crippen LogP) is 3.16. The van der Waals surface area contributed by atoms with Gasteiger partial charge in [0, 0.05) is 0 Å². The summed E-state index contributed by atoms with van der Waals surface area (Å²) in [5.41, 5.74) is 4.35. The third-order valence-electron chi connectivity index (χ3n) is 2.66. The van der Waals surface area contributed by atoms with Gasteiger partial charge in [0.05, 0.1) is 5.92 Å². The van der Waals surface area contributed by atoms with E-state index >= 15 is 0 Å². The molecule has 1 aliphatic heterocycles. The molecule has 0 aromatic rings. The summed E-state index contributed by atoms with van der Waals surface area (Å²) in [7, 11) is -1.32. The Balaban J connectivity index is 2.70. The highest BCUT2D eigenvalue weighted by Gasteiger charge is 2.30. The number of ether oxygens (including phenoxy) is 1. The normalized spacial score (nSPS) is 22.2. The van der Waals surface area contributed by atoms with Crippen molar-refractivity contribution >= 4 is 14.0 Å². The molecule has 17 heavy (non-hydrogen) atoms. The minimum Gasteiger partial charge on any atom is -0.461 e. The zero-order valence-corrected chi connectivity index (χ0v) is 12.3. The number of unbranched alkanes of at least 4 members (excludes halogenated alkanes) is 1. The lowest BCUT2D eigenvalue weighted by molar-refractivity contribution is -0.141. The van der Waals surface area contributed by atoms with Gasteiger partial charge in [-0.2, -0.15) is 0 Å². The minimum absolute atomic E-state index is 0.0362. The van der Waals surface area contributed by atoms with Gasteiger partial charge in [-0.25, -0.2) is 0 Å². The second-order valence-electron chi connectivity index (χ2n) is 5.54. The number of cyclic esters (lactones) is 1. The van der Waals surface area contributed by atoms with Crippen LogP contribution >= 0.6 is 0 Å². The van der Waals surface area contributed by atoms with Gasteiger partial charge in [0.15, 0.2) is 0 Å². The van der Waals surface area contributed by atoms with Crippen molar-refractivity contribution in [2.24, 2.45) is 5.92 Å². The summed E-state index contributed by atoms with van der Waals surface area (Å²) in [4.78, 5) is 11.5. The van der Waals surface area contributed by atoms with E-state index < -0.39 is 8.07 Å². The van der Waals surface area contributed by atoms with Crippen LogP contribution < -0.4 is 0 Å². The summed E-state index contributed by atoms with van der Waals surface area (Å²) in [6.07, 6.45) is 4.98. The van der Waals surface area contributed by atoms with Crippen molar-refractivity contribution in [2.75, 3.05) is 6.61 Å². The average molecular weight is 250 g/mol. The van der Waals surface area contributed by atoms with Crippen LogP contribution in [0.5, 0.6) is 0 Å². The number of carbonyl (C=O) groups excluding carboxylic acids is 1. The third-order valence-corrected chi connectivity index (χ3v) is 3.56. The summed E-state index contributed by atoms with van der Waals surface area (Å²) in [6, 6.07) is 0. The van der Waals surface area contributed by atoms with Crippen LogP contribution in [0.3, 0.4) is 0 Å². The number of hydrogen-bond acceptors (Lipinski definition) is 2. The van der Waals surface area contributed by atoms with E-state index in [2.05, 4.69) is 38.0 Å². The van der Waals surface area contributed by atoms with Crippen molar-refractivity contribution in [2.45, 2.75) is 45.8 Å². The van der Waals surface area contributed by atoms with E-state index in [1.165, 1.54) is 0 Å². The van der Waals surface area contributed by atoms with Crippen LogP contribution in [-0.4, -0.2) is 20.7 Å². The highest BCUT2D eigenvalue weighted by molar-refractivity contribution is 6.83. The molecule has 0 aliphatic carbocycles. The fourth-order valence-corrected chi connectivity index (χ4v) is 2.21. The summed E-state index contributed by atoms with van der Waals surface area (Å²) in [5, 5.41) is 0. The highest BCUT2D eigenvalue weighted by Crippen LogP contribution is 2.26. The van der Waals surface area contributed by atoms with Crippen LogP contribution in [0.1, 0.15) is 26.2 Å². The Morgan fingerprint density at radius 1 is 1.47 bits per heavy atom. The van der Waals surface area contributed by atoms with Crippen molar-refractivity contribution < 1.29 is 9.53 Å². The van der Waals surface area contributed by atoms with Crippen LogP contribution in [0, 0.1) is 17.4 Å². The molecule has 0 N–H and O–H groups in total. The van der Waals surface area contributed by atoms with E-state index in [0.717, 1.165) is 24.8 Å². The molecule has 0 aromatic heterocycles. The molecule has 1 unspecified atom stereocenters. The van der Waals surface area contributed by atoms with Crippen molar-refractivity contribution in [1.29, 1.82) is 0 Å². The highest BCUT2D eigenvalue weighted by atomic mass is 28.3. The lowest BCUT2D eigenvalue weighted by Crippen LogP contribution is -2.16. The maximum atomic E-state index is 11.5. The van der Waals surface area contributed by atoms with Crippen molar-refractivity contribution in [1.82, 2.24) is 0 Å². The molecule has 0 amide bonds. The first-order valence-electron chi connectivity index (χ1n) is 6.32. The second-order valence-corrected chi connectivity index (χ2v) is 10.3. The Morgan fingerprint density at radius 3 is 2.76 bits per heavy atom. The van der Waals surface area contributed by atoms with Gasteiger partial charge in [-0.15, -0.1) is 5.54 Å². The summed E-state index contributed by atoms with van der Waals surface area (Å²) < 4.78 is 5.09. The lowest BCUT2D eigenvalue weighted by Gasteiger charge is -2.05. The maximum absolute atomic E-state index is 11.5. The van der Waals surface area contributed by atoms with Gasteiger partial charge in [0.2, 0.25) is 0 Å². The predicted molar refractivity (Wildman–Crippen MR) is 73.2 cm³/mol. The molecule has 94 valence electrons. The molecule has 1 heterocycles. The van der Waals surface area contributed by atoms with E-state index in [1.54, 1.807) is 0 Å².